The molecule has 0 aliphatic heterocycles. The van der Waals surface area contributed by atoms with Crippen LogP contribution in [0.15, 0.2) is 84.8 Å². The lowest BCUT2D eigenvalue weighted by molar-refractivity contribution is -0.403. The van der Waals surface area contributed by atoms with Crippen LogP contribution < -0.4 is 16.0 Å². The van der Waals surface area contributed by atoms with Crippen molar-refractivity contribution in [1.29, 1.82) is 0 Å². The fourth-order valence-corrected chi connectivity index (χ4v) is 4.64. The molecule has 0 heterocycles. The van der Waals surface area contributed by atoms with E-state index in [4.69, 9.17) is 16.7 Å². The zero-order chi connectivity index (χ0) is 32.2. The van der Waals surface area contributed by atoms with Gasteiger partial charge < -0.3 is 26.2 Å². The van der Waals surface area contributed by atoms with Crippen LogP contribution in [0.5, 0.6) is 0 Å². The molecule has 2 atom stereocenters. The van der Waals surface area contributed by atoms with Gasteiger partial charge >= 0.3 is 11.9 Å². The summed E-state index contributed by atoms with van der Waals surface area (Å²) in [5, 5.41) is 39.1. The molecule has 0 aliphatic rings. The number of carboxylic acid groups (broad SMARTS) is 2. The smallest absolute Gasteiger partial charge is 0.326 e. The summed E-state index contributed by atoms with van der Waals surface area (Å²) in [4.78, 5) is 47.0. The standard InChI is InChI=1S/C32H35ClN4O7/c1-20(2)17-27(31(40)36-28(32(41)42)18-22-5-3-21(4-6-22)7-16-30(38)39)23-8-12-25(13-9-23)34-29(19-37(43)44)35-26-14-10-24(33)11-15-26/h3-6,8-15,19-20,27-28,34-35H,7,16-18H2,1-2H3,(H,36,40)(H,38,39)(H,41,42)/b29-19+. The molecule has 0 aromatic heterocycles. The molecule has 0 radical (unpaired) electrons. The van der Waals surface area contributed by atoms with Crippen LogP contribution in [0.3, 0.4) is 0 Å². The van der Waals surface area contributed by atoms with Gasteiger partial charge in [-0.1, -0.05) is 61.8 Å². The van der Waals surface area contributed by atoms with Gasteiger partial charge in [-0.3, -0.25) is 19.7 Å². The predicted molar refractivity (Wildman–Crippen MR) is 168 cm³/mol. The molecule has 3 aromatic carbocycles. The molecule has 3 rings (SSSR count). The topological polar surface area (TPSA) is 171 Å². The lowest BCUT2D eigenvalue weighted by Crippen LogP contribution is -2.44. The van der Waals surface area contributed by atoms with Crippen molar-refractivity contribution in [1.82, 2.24) is 5.32 Å². The average Bonchev–Trinajstić information content (AvgIpc) is 2.96. The van der Waals surface area contributed by atoms with Gasteiger partial charge in [-0.15, -0.1) is 0 Å². The highest BCUT2D eigenvalue weighted by Crippen LogP contribution is 2.27. The van der Waals surface area contributed by atoms with Crippen molar-refractivity contribution in [3.05, 3.63) is 117 Å². The Labute approximate surface area is 260 Å². The van der Waals surface area contributed by atoms with Gasteiger partial charge in [0.1, 0.15) is 6.04 Å². The number of carbonyl (C=O) groups is 3. The molecule has 3 aromatic rings. The highest BCUT2D eigenvalue weighted by atomic mass is 35.5. The highest BCUT2D eigenvalue weighted by Gasteiger charge is 2.27. The maximum Gasteiger partial charge on any atom is 0.326 e. The fourth-order valence-electron chi connectivity index (χ4n) is 4.51. The Bertz CT molecular complexity index is 1470. The molecule has 232 valence electrons. The third-order valence-corrected chi connectivity index (χ3v) is 6.93. The van der Waals surface area contributed by atoms with Crippen LogP contribution in [0, 0.1) is 16.0 Å². The molecule has 0 bridgehead atoms. The monoisotopic (exact) mass is 622 g/mol. The lowest BCUT2D eigenvalue weighted by atomic mass is 9.89. The van der Waals surface area contributed by atoms with E-state index in [-0.39, 0.29) is 24.6 Å². The van der Waals surface area contributed by atoms with Gasteiger partial charge in [0.25, 0.3) is 6.20 Å². The van der Waals surface area contributed by atoms with Crippen molar-refractivity contribution in [2.24, 2.45) is 5.92 Å². The van der Waals surface area contributed by atoms with Crippen LogP contribution in [0.25, 0.3) is 0 Å². The minimum absolute atomic E-state index is 0.00151. The first kappa shape index (κ1) is 33.6. The van der Waals surface area contributed by atoms with Gasteiger partial charge in [-0.2, -0.15) is 0 Å². The maximum absolute atomic E-state index is 13.4. The summed E-state index contributed by atoms with van der Waals surface area (Å²) in [6, 6.07) is 19.3. The van der Waals surface area contributed by atoms with Crippen LogP contribution in [0.2, 0.25) is 5.02 Å². The summed E-state index contributed by atoms with van der Waals surface area (Å²) >= 11 is 5.92. The molecule has 0 spiro atoms. The first-order chi connectivity index (χ1) is 20.9. The number of halogens is 1. The average molecular weight is 623 g/mol. The summed E-state index contributed by atoms with van der Waals surface area (Å²) in [5.41, 5.74) is 3.30. The molecule has 11 nitrogen and oxygen atoms in total. The molecule has 0 fully saturated rings. The van der Waals surface area contributed by atoms with E-state index in [0.717, 1.165) is 11.8 Å². The first-order valence-electron chi connectivity index (χ1n) is 14.0. The third-order valence-electron chi connectivity index (χ3n) is 6.68. The lowest BCUT2D eigenvalue weighted by Gasteiger charge is -2.23. The number of aliphatic carboxylic acids is 2. The Morgan fingerprint density at radius 2 is 1.43 bits per heavy atom. The Balaban J connectivity index is 1.73. The summed E-state index contributed by atoms with van der Waals surface area (Å²) in [6.45, 7) is 3.93. The number of benzene rings is 3. The predicted octanol–water partition coefficient (Wildman–Crippen LogP) is 5.90. The van der Waals surface area contributed by atoms with Gasteiger partial charge in [0.15, 0.2) is 5.82 Å². The molecule has 0 saturated heterocycles. The normalized spacial score (nSPS) is 12.7. The molecule has 44 heavy (non-hydrogen) atoms. The third kappa shape index (κ3) is 11.1. The number of anilines is 2. The Morgan fingerprint density at radius 1 is 0.886 bits per heavy atom. The second kappa shape index (κ2) is 16.1. The van der Waals surface area contributed by atoms with Crippen LogP contribution in [-0.4, -0.2) is 39.0 Å². The van der Waals surface area contributed by atoms with Gasteiger partial charge in [-0.05, 0) is 71.8 Å². The maximum atomic E-state index is 13.4. The highest BCUT2D eigenvalue weighted by molar-refractivity contribution is 6.30. The zero-order valence-electron chi connectivity index (χ0n) is 24.3. The molecular formula is C32H35ClN4O7. The van der Waals surface area contributed by atoms with Crippen molar-refractivity contribution in [2.75, 3.05) is 10.6 Å². The number of carbonyl (C=O) groups excluding carboxylic acids is 1. The van der Waals surface area contributed by atoms with E-state index < -0.39 is 34.7 Å². The van der Waals surface area contributed by atoms with E-state index in [1.54, 1.807) is 72.8 Å². The summed E-state index contributed by atoms with van der Waals surface area (Å²) < 4.78 is 0. The zero-order valence-corrected chi connectivity index (χ0v) is 25.1. The molecule has 1 amide bonds. The largest absolute Gasteiger partial charge is 0.481 e. The van der Waals surface area contributed by atoms with Gasteiger partial charge in [0.05, 0.1) is 10.8 Å². The molecule has 0 aliphatic carbocycles. The second-order valence-corrected chi connectivity index (χ2v) is 11.1. The number of nitro groups is 1. The minimum atomic E-state index is -1.17. The number of hydrogen-bond acceptors (Lipinski definition) is 7. The van der Waals surface area contributed by atoms with Crippen molar-refractivity contribution in [2.45, 2.75) is 51.5 Å². The van der Waals surface area contributed by atoms with Gasteiger partial charge in [0.2, 0.25) is 5.91 Å². The summed E-state index contributed by atoms with van der Waals surface area (Å²) in [7, 11) is 0. The number of carboxylic acids is 2. The number of hydrogen-bond donors (Lipinski definition) is 5. The van der Waals surface area contributed by atoms with Crippen LogP contribution >= 0.6 is 11.6 Å². The molecule has 2 unspecified atom stereocenters. The van der Waals surface area contributed by atoms with E-state index >= 15 is 0 Å². The Morgan fingerprint density at radius 3 is 1.93 bits per heavy atom. The number of nitrogens with one attached hydrogen (secondary N) is 3. The number of aryl methyl sites for hydroxylation is 1. The van der Waals surface area contributed by atoms with Gasteiger partial charge in [-0.25, -0.2) is 4.79 Å². The van der Waals surface area contributed by atoms with Crippen molar-refractivity contribution >= 4 is 40.8 Å². The van der Waals surface area contributed by atoms with Crippen LogP contribution in [0.1, 0.15) is 49.3 Å². The quantitative estimate of drug-likeness (QED) is 0.0963. The Kier molecular flexibility index (Phi) is 12.3. The first-order valence-corrected chi connectivity index (χ1v) is 14.3. The second-order valence-electron chi connectivity index (χ2n) is 10.7. The molecule has 12 heteroatoms. The van der Waals surface area contributed by atoms with E-state index in [1.807, 2.05) is 13.8 Å². The van der Waals surface area contributed by atoms with Crippen molar-refractivity contribution < 1.29 is 29.5 Å². The SMILES string of the molecule is CC(C)CC(C(=O)NC(Cc1ccc(CCC(=O)O)cc1)C(=O)O)c1ccc(N/C(=C\[N+](=O)[O-])Nc2ccc(Cl)cc2)cc1. The van der Waals surface area contributed by atoms with Crippen molar-refractivity contribution in [3.63, 3.8) is 0 Å². The molecule has 0 saturated carbocycles. The molecule has 5 N–H and O–H groups in total. The summed E-state index contributed by atoms with van der Waals surface area (Å²) in [6.07, 6.45) is 1.69. The number of amides is 1. The van der Waals surface area contributed by atoms with Gasteiger partial charge in [0, 0.05) is 29.2 Å². The fraction of sp³-hybridized carbons (Fsp3) is 0.281. The number of nitrogens with zero attached hydrogens (tertiary/aromatic N) is 1. The Hall–Kier alpha value is -4.90. The van der Waals surface area contributed by atoms with Crippen LogP contribution in [0.4, 0.5) is 11.4 Å². The van der Waals surface area contributed by atoms with E-state index in [1.165, 1.54) is 0 Å². The van der Waals surface area contributed by atoms with Crippen LogP contribution in [-0.2, 0) is 27.2 Å². The molecular weight excluding hydrogens is 588 g/mol. The van der Waals surface area contributed by atoms with E-state index in [0.29, 0.717) is 40.4 Å². The minimum Gasteiger partial charge on any atom is -0.481 e. The van der Waals surface area contributed by atoms with E-state index in [9.17, 15) is 29.6 Å². The summed E-state index contributed by atoms with van der Waals surface area (Å²) in [5.74, 6) is -2.89. The van der Waals surface area contributed by atoms with Crippen molar-refractivity contribution in [3.8, 4) is 0 Å². The van der Waals surface area contributed by atoms with E-state index in [2.05, 4.69) is 16.0 Å². The number of rotatable bonds is 16.